The van der Waals surface area contributed by atoms with Crippen LogP contribution in [0.4, 0.5) is 9.52 Å². The van der Waals surface area contributed by atoms with E-state index in [1.807, 2.05) is 24.3 Å². The van der Waals surface area contributed by atoms with Gasteiger partial charge < -0.3 is 19.7 Å². The van der Waals surface area contributed by atoms with Crippen molar-refractivity contribution in [3.05, 3.63) is 74.2 Å². The number of aryl methyl sites for hydroxylation is 2. The fourth-order valence-electron chi connectivity index (χ4n) is 10.4. The molecule has 12 heteroatoms. The third kappa shape index (κ3) is 5.04. The highest BCUT2D eigenvalue weighted by molar-refractivity contribution is 7.15. The van der Waals surface area contributed by atoms with Gasteiger partial charge in [-0.15, -0.1) is 11.3 Å². The second-order valence-electron chi connectivity index (χ2n) is 16.6. The molecule has 7 fully saturated rings. The zero-order chi connectivity index (χ0) is 36.6. The highest BCUT2D eigenvalue weighted by Crippen LogP contribution is 2.54. The molecule has 4 aliphatic heterocycles. The summed E-state index contributed by atoms with van der Waals surface area (Å²) in [7, 11) is 0. The molecule has 0 radical (unpaired) electrons. The molecule has 1 N–H and O–H groups in total. The highest BCUT2D eigenvalue weighted by atomic mass is 35.5. The monoisotopic (exact) mass is 779 g/mol. The predicted octanol–water partition coefficient (Wildman–Crippen LogP) is 9.12. The Hall–Kier alpha value is -3.75. The molecule has 4 bridgehead atoms. The van der Waals surface area contributed by atoms with Gasteiger partial charge in [-0.25, -0.2) is 14.4 Å². The van der Waals surface area contributed by atoms with E-state index in [2.05, 4.69) is 38.0 Å². The number of nitriles is 1. The minimum atomic E-state index is -0.453. The maximum atomic E-state index is 17.3. The van der Waals surface area contributed by atoms with Gasteiger partial charge in [0, 0.05) is 88.3 Å². The van der Waals surface area contributed by atoms with Gasteiger partial charge >= 0.3 is 0 Å². The largest absolute Gasteiger partial charge is 0.346 e. The summed E-state index contributed by atoms with van der Waals surface area (Å²) >= 11 is 15.0. The smallest absolute Gasteiger partial charge is 0.226 e. The van der Waals surface area contributed by atoms with E-state index in [4.69, 9.17) is 33.2 Å². The van der Waals surface area contributed by atoms with Gasteiger partial charge in [0.2, 0.25) is 5.91 Å². The third-order valence-corrected chi connectivity index (χ3v) is 15.3. The Bertz CT molecular complexity index is 2430. The number of hydrogen-bond acceptors (Lipinski definition) is 7. The summed E-state index contributed by atoms with van der Waals surface area (Å²) < 4.78 is 19.8. The number of thiazole rings is 1. The number of aromatic nitrogens is 3. The van der Waals surface area contributed by atoms with Crippen molar-refractivity contribution in [3.63, 3.8) is 0 Å². The number of hydrogen-bond donors (Lipinski definition) is 1. The minimum absolute atomic E-state index is 0.0961. The van der Waals surface area contributed by atoms with E-state index in [1.165, 1.54) is 17.7 Å². The van der Waals surface area contributed by atoms with Gasteiger partial charge in [0.05, 0.1) is 39.8 Å². The lowest BCUT2D eigenvalue weighted by atomic mass is 9.79. The number of likely N-dealkylation sites (tertiary alicyclic amines) is 1. The molecule has 5 aromatic rings. The highest BCUT2D eigenvalue weighted by Gasteiger charge is 2.55. The molecule has 0 spiro atoms. The normalized spacial score (nSPS) is 27.2. The van der Waals surface area contributed by atoms with Crippen molar-refractivity contribution < 1.29 is 9.18 Å². The first-order valence-corrected chi connectivity index (χ1v) is 21.1. The van der Waals surface area contributed by atoms with Crippen molar-refractivity contribution in [2.75, 3.05) is 24.5 Å². The number of nitrogens with zero attached hydrogens (tertiary/aromatic N) is 6. The van der Waals surface area contributed by atoms with Gasteiger partial charge in [0.15, 0.2) is 10.9 Å². The minimum Gasteiger partial charge on any atom is -0.346 e. The van der Waals surface area contributed by atoms with Crippen LogP contribution in [0, 0.1) is 41.8 Å². The first-order chi connectivity index (χ1) is 26.3. The van der Waals surface area contributed by atoms with Crippen LogP contribution in [0.25, 0.3) is 32.9 Å². The van der Waals surface area contributed by atoms with Crippen molar-refractivity contribution in [2.24, 2.45) is 17.8 Å². The molecule has 7 aliphatic rings. The Kier molecular flexibility index (Phi) is 7.70. The fourth-order valence-corrected chi connectivity index (χ4v) is 11.9. The maximum absolute atomic E-state index is 17.3. The van der Waals surface area contributed by atoms with E-state index in [0.29, 0.717) is 46.0 Å². The van der Waals surface area contributed by atoms with Crippen LogP contribution in [0.3, 0.4) is 0 Å². The lowest BCUT2D eigenvalue weighted by molar-refractivity contribution is -0.135. The summed E-state index contributed by atoms with van der Waals surface area (Å²) in [5, 5.41) is 16.9. The molecule has 7 heterocycles. The van der Waals surface area contributed by atoms with Crippen LogP contribution >= 0.6 is 34.5 Å². The molecule has 4 saturated heterocycles. The van der Waals surface area contributed by atoms with Gasteiger partial charge in [-0.3, -0.25) is 4.79 Å². The standard InChI is InChI=1S/C42H40Cl2FN7OS/c1-20-28-15-32(39-25-12-26(51(39)41(53)22-9-10-22)19-50(18-25)42-48-17-33(54-42)21-7-8-21)52(38-24-14-31(38)47-16-24)40(28)29-13-23(4-3-11-46)34(36(45)37(29)49-20)27-5-2-6-30(43)35(27)44/h2,5-6,13,15,17,21-22,24-26,31,38-39,47H,3-4,7-10,12,14,16,18-19H2,1H3. The molecule has 12 rings (SSSR count). The Balaban J connectivity index is 1.12. The van der Waals surface area contributed by atoms with Crippen molar-refractivity contribution in [1.82, 2.24) is 24.8 Å². The van der Waals surface area contributed by atoms with Crippen LogP contribution in [-0.2, 0) is 11.2 Å². The number of piperidine rings is 1. The van der Waals surface area contributed by atoms with Gasteiger partial charge in [-0.1, -0.05) is 35.3 Å². The number of rotatable bonds is 8. The second-order valence-corrected chi connectivity index (χ2v) is 18.4. The van der Waals surface area contributed by atoms with Crippen molar-refractivity contribution in [2.45, 2.75) is 88.4 Å². The second kappa shape index (κ2) is 12.4. The predicted molar refractivity (Wildman–Crippen MR) is 211 cm³/mol. The van der Waals surface area contributed by atoms with E-state index in [0.717, 1.165) is 78.1 Å². The lowest BCUT2D eigenvalue weighted by Gasteiger charge is -2.40. The Morgan fingerprint density at radius 2 is 1.96 bits per heavy atom. The summed E-state index contributed by atoms with van der Waals surface area (Å²) in [5.41, 5.74) is 4.70. The van der Waals surface area contributed by atoms with Crippen LogP contribution in [0.2, 0.25) is 10.0 Å². The van der Waals surface area contributed by atoms with Crippen LogP contribution in [0.15, 0.2) is 36.5 Å². The summed E-state index contributed by atoms with van der Waals surface area (Å²) in [4.78, 5) is 30.5. The van der Waals surface area contributed by atoms with E-state index in [1.54, 1.807) is 18.2 Å². The van der Waals surface area contributed by atoms with E-state index < -0.39 is 5.82 Å². The number of anilines is 1. The molecule has 6 unspecified atom stereocenters. The van der Waals surface area contributed by atoms with Crippen molar-refractivity contribution in [3.8, 4) is 17.2 Å². The zero-order valence-electron chi connectivity index (χ0n) is 30.0. The number of amides is 1. The third-order valence-electron chi connectivity index (χ3n) is 13.3. The fraction of sp³-hybridized carbons (Fsp3) is 0.476. The first-order valence-electron chi connectivity index (χ1n) is 19.5. The quantitative estimate of drug-likeness (QED) is 0.169. The van der Waals surface area contributed by atoms with E-state index in [9.17, 15) is 10.1 Å². The van der Waals surface area contributed by atoms with Crippen LogP contribution < -0.4 is 10.2 Å². The van der Waals surface area contributed by atoms with Crippen LogP contribution in [-0.4, -0.2) is 57.1 Å². The molecule has 1 amide bonds. The molecule has 3 aromatic heterocycles. The number of halogens is 3. The van der Waals surface area contributed by atoms with Gasteiger partial charge in [0.1, 0.15) is 5.52 Å². The van der Waals surface area contributed by atoms with Gasteiger partial charge in [-0.2, -0.15) is 5.26 Å². The topological polar surface area (TPSA) is 90.1 Å². The SMILES string of the molecule is Cc1nc2c(F)c(-c3cccc(Cl)c3Cl)c(CCC#N)cc2c2c1cc(C1C3CC(CN(c4ncc(C5CC5)s4)C3)N1C(=O)C1CC1)n2C1C2CNC1C2. The van der Waals surface area contributed by atoms with E-state index >= 15 is 4.39 Å². The number of pyridine rings is 1. The number of nitrogens with one attached hydrogen (secondary N) is 1. The number of benzene rings is 2. The molecule has 6 atom stereocenters. The average Bonchev–Trinajstić information content (AvgIpc) is 3.95. The summed E-state index contributed by atoms with van der Waals surface area (Å²) in [6.45, 7) is 4.56. The Morgan fingerprint density at radius 1 is 1.11 bits per heavy atom. The van der Waals surface area contributed by atoms with Gasteiger partial charge in [-0.05, 0) is 87.5 Å². The molecule has 276 valence electrons. The summed E-state index contributed by atoms with van der Waals surface area (Å²) in [6.07, 6.45) is 9.14. The molecular weight excluding hydrogens is 740 g/mol. The average molecular weight is 781 g/mol. The molecule has 54 heavy (non-hydrogen) atoms. The van der Waals surface area contributed by atoms with Crippen molar-refractivity contribution >= 4 is 67.4 Å². The Morgan fingerprint density at radius 3 is 2.70 bits per heavy atom. The number of carbonyl (C=O) groups excluding carboxylic acids is 1. The summed E-state index contributed by atoms with van der Waals surface area (Å²) in [5.74, 6) is 1.26. The maximum Gasteiger partial charge on any atom is 0.226 e. The lowest BCUT2D eigenvalue weighted by Crippen LogP contribution is -2.45. The Labute approximate surface area is 327 Å². The van der Waals surface area contributed by atoms with Crippen LogP contribution in [0.5, 0.6) is 0 Å². The molecule has 3 saturated carbocycles. The zero-order valence-corrected chi connectivity index (χ0v) is 32.3. The first kappa shape index (κ1) is 33.6. The van der Waals surface area contributed by atoms with Crippen molar-refractivity contribution in [1.29, 1.82) is 5.26 Å². The molecule has 3 aliphatic carbocycles. The molecular formula is C42H40Cl2FN7OS. The molecule has 2 aromatic carbocycles. The summed E-state index contributed by atoms with van der Waals surface area (Å²) in [6, 6.07) is 12.3. The number of carbonyl (C=O) groups is 1. The number of fused-ring (bicyclic) bond motifs is 6. The van der Waals surface area contributed by atoms with Crippen LogP contribution in [0.1, 0.15) is 84.8 Å². The molecule has 8 nitrogen and oxygen atoms in total. The van der Waals surface area contributed by atoms with E-state index in [-0.39, 0.29) is 52.8 Å². The van der Waals surface area contributed by atoms with Gasteiger partial charge in [0.25, 0.3) is 0 Å².